The average Bonchev–Trinajstić information content (AvgIpc) is 2.76. The molecule has 0 aromatic carbocycles. The molecule has 1 aliphatic heterocycles. The quantitative estimate of drug-likeness (QED) is 0.922. The lowest BCUT2D eigenvalue weighted by molar-refractivity contribution is 0.321. The first-order valence-corrected chi connectivity index (χ1v) is 6.80. The van der Waals surface area contributed by atoms with E-state index < -0.39 is 0 Å². The Morgan fingerprint density at radius 2 is 2.24 bits per heavy atom. The summed E-state index contributed by atoms with van der Waals surface area (Å²) in [4.78, 5) is 8.26. The molecule has 5 heteroatoms. The number of nitrogens with zero attached hydrogens (tertiary/aromatic N) is 2. The maximum atomic E-state index is 6.02. The molecule has 1 fully saturated rings. The van der Waals surface area contributed by atoms with Crippen LogP contribution in [0.4, 0.5) is 0 Å². The van der Waals surface area contributed by atoms with Gasteiger partial charge in [-0.15, -0.1) is 23.7 Å². The predicted molar refractivity (Wildman–Crippen MR) is 75.9 cm³/mol. The Labute approximate surface area is 114 Å². The highest BCUT2D eigenvalue weighted by Crippen LogP contribution is 2.24. The van der Waals surface area contributed by atoms with Crippen LogP contribution in [-0.4, -0.2) is 29.0 Å². The van der Waals surface area contributed by atoms with Crippen LogP contribution in [0.1, 0.15) is 36.6 Å². The second kappa shape index (κ2) is 6.14. The summed E-state index contributed by atoms with van der Waals surface area (Å²) in [5.74, 6) is 1.16. The molecule has 2 rings (SSSR count). The molecule has 1 aromatic heterocycles. The highest BCUT2D eigenvalue weighted by Gasteiger charge is 2.26. The number of halogens is 1. The highest BCUT2D eigenvalue weighted by molar-refractivity contribution is 7.11. The number of hydrogen-bond acceptors (Lipinski definition) is 4. The zero-order valence-electron chi connectivity index (χ0n) is 10.7. The van der Waals surface area contributed by atoms with Gasteiger partial charge in [-0.3, -0.25) is 4.90 Å². The second-order valence-corrected chi connectivity index (χ2v) is 6.30. The standard InChI is InChI=1S/C12H21N3S.ClH/c1-8(2)12-14-4-10(16-12)6-15-5-9(3)11(13)7-15;/h4,8-9,11H,5-7,13H2,1-3H3;1H. The maximum absolute atomic E-state index is 6.02. The van der Waals surface area contributed by atoms with E-state index in [0.29, 0.717) is 17.9 Å². The minimum absolute atomic E-state index is 0. The predicted octanol–water partition coefficient (Wildman–Crippen LogP) is 2.47. The molecular weight excluding hydrogens is 254 g/mol. The van der Waals surface area contributed by atoms with Crippen molar-refractivity contribution in [3.8, 4) is 0 Å². The van der Waals surface area contributed by atoms with E-state index in [1.165, 1.54) is 9.88 Å². The molecule has 0 aliphatic carbocycles. The Hall–Kier alpha value is -0.160. The topological polar surface area (TPSA) is 42.2 Å². The third kappa shape index (κ3) is 3.65. The first-order chi connectivity index (χ1) is 7.56. The van der Waals surface area contributed by atoms with Gasteiger partial charge in [0, 0.05) is 42.7 Å². The molecule has 17 heavy (non-hydrogen) atoms. The first kappa shape index (κ1) is 14.9. The van der Waals surface area contributed by atoms with Crippen molar-refractivity contribution in [2.24, 2.45) is 11.7 Å². The van der Waals surface area contributed by atoms with Crippen LogP contribution in [0.5, 0.6) is 0 Å². The number of likely N-dealkylation sites (tertiary alicyclic amines) is 1. The Morgan fingerprint density at radius 1 is 1.53 bits per heavy atom. The van der Waals surface area contributed by atoms with Crippen LogP contribution >= 0.6 is 23.7 Å². The molecule has 0 radical (unpaired) electrons. The monoisotopic (exact) mass is 275 g/mol. The molecule has 0 bridgehead atoms. The van der Waals surface area contributed by atoms with Crippen molar-refractivity contribution in [1.82, 2.24) is 9.88 Å². The van der Waals surface area contributed by atoms with Crippen molar-refractivity contribution in [3.63, 3.8) is 0 Å². The zero-order valence-corrected chi connectivity index (χ0v) is 12.4. The molecule has 2 heterocycles. The van der Waals surface area contributed by atoms with Crippen LogP contribution in [0.2, 0.25) is 0 Å². The van der Waals surface area contributed by atoms with Gasteiger partial charge in [0.15, 0.2) is 0 Å². The van der Waals surface area contributed by atoms with E-state index >= 15 is 0 Å². The van der Waals surface area contributed by atoms with Gasteiger partial charge in [0.2, 0.25) is 0 Å². The molecule has 2 atom stereocenters. The van der Waals surface area contributed by atoms with Crippen molar-refractivity contribution in [1.29, 1.82) is 0 Å². The smallest absolute Gasteiger partial charge is 0.0953 e. The molecule has 1 aromatic rings. The molecule has 3 nitrogen and oxygen atoms in total. The van der Waals surface area contributed by atoms with Gasteiger partial charge in [-0.25, -0.2) is 4.98 Å². The Bertz CT molecular complexity index is 343. The van der Waals surface area contributed by atoms with Gasteiger partial charge in [-0.05, 0) is 5.92 Å². The zero-order chi connectivity index (χ0) is 11.7. The molecule has 2 N–H and O–H groups in total. The van der Waals surface area contributed by atoms with Crippen LogP contribution in [0.3, 0.4) is 0 Å². The lowest BCUT2D eigenvalue weighted by atomic mass is 10.1. The number of nitrogens with two attached hydrogens (primary N) is 1. The first-order valence-electron chi connectivity index (χ1n) is 5.98. The minimum Gasteiger partial charge on any atom is -0.326 e. The van der Waals surface area contributed by atoms with Crippen molar-refractivity contribution in [3.05, 3.63) is 16.1 Å². The molecule has 0 saturated carbocycles. The summed E-state index contributed by atoms with van der Waals surface area (Å²) >= 11 is 1.84. The maximum Gasteiger partial charge on any atom is 0.0953 e. The van der Waals surface area contributed by atoms with Gasteiger partial charge in [0.25, 0.3) is 0 Å². The minimum atomic E-state index is 0. The molecule has 1 saturated heterocycles. The molecule has 0 amide bonds. The molecule has 1 aliphatic rings. The molecule has 2 unspecified atom stereocenters. The van der Waals surface area contributed by atoms with Crippen molar-refractivity contribution in [2.45, 2.75) is 39.3 Å². The van der Waals surface area contributed by atoms with Gasteiger partial charge >= 0.3 is 0 Å². The fourth-order valence-corrected chi connectivity index (χ4v) is 3.07. The van der Waals surface area contributed by atoms with Gasteiger partial charge in [-0.1, -0.05) is 20.8 Å². The van der Waals surface area contributed by atoms with Gasteiger partial charge in [0.05, 0.1) is 5.01 Å². The normalized spacial score (nSPS) is 25.2. The fraction of sp³-hybridized carbons (Fsp3) is 0.750. The average molecular weight is 276 g/mol. The number of rotatable bonds is 3. The van der Waals surface area contributed by atoms with Crippen LogP contribution < -0.4 is 5.73 Å². The van der Waals surface area contributed by atoms with Crippen LogP contribution in [0.15, 0.2) is 6.20 Å². The summed E-state index contributed by atoms with van der Waals surface area (Å²) in [6.07, 6.45) is 2.02. The fourth-order valence-electron chi connectivity index (χ4n) is 2.11. The van der Waals surface area contributed by atoms with Gasteiger partial charge < -0.3 is 5.73 Å². The summed E-state index contributed by atoms with van der Waals surface area (Å²) in [6.45, 7) is 9.78. The molecule has 0 spiro atoms. The summed E-state index contributed by atoms with van der Waals surface area (Å²) in [5, 5.41) is 1.24. The largest absolute Gasteiger partial charge is 0.326 e. The second-order valence-electron chi connectivity index (χ2n) is 5.15. The highest BCUT2D eigenvalue weighted by atomic mass is 35.5. The van der Waals surface area contributed by atoms with Crippen molar-refractivity contribution >= 4 is 23.7 Å². The van der Waals surface area contributed by atoms with Crippen LogP contribution in [0, 0.1) is 5.92 Å². The summed E-state index contributed by atoms with van der Waals surface area (Å²) in [6, 6.07) is 0.345. The van der Waals surface area contributed by atoms with E-state index in [2.05, 4.69) is 30.7 Å². The lowest BCUT2D eigenvalue weighted by Gasteiger charge is -2.13. The van der Waals surface area contributed by atoms with Crippen LogP contribution in [0.25, 0.3) is 0 Å². The molecular formula is C12H22ClN3S. The van der Waals surface area contributed by atoms with E-state index in [4.69, 9.17) is 5.73 Å². The van der Waals surface area contributed by atoms with Crippen molar-refractivity contribution in [2.75, 3.05) is 13.1 Å². The summed E-state index contributed by atoms with van der Waals surface area (Å²) in [5.41, 5.74) is 6.02. The Balaban J connectivity index is 0.00000144. The Kier molecular flexibility index (Phi) is 5.38. The molecule has 98 valence electrons. The van der Waals surface area contributed by atoms with E-state index in [1.54, 1.807) is 0 Å². The van der Waals surface area contributed by atoms with E-state index in [0.717, 1.165) is 19.6 Å². The third-order valence-corrected chi connectivity index (χ3v) is 4.47. The number of aromatic nitrogens is 1. The lowest BCUT2D eigenvalue weighted by Crippen LogP contribution is -2.28. The van der Waals surface area contributed by atoms with E-state index in [-0.39, 0.29) is 12.4 Å². The van der Waals surface area contributed by atoms with Gasteiger partial charge in [0.1, 0.15) is 0 Å². The van der Waals surface area contributed by atoms with Crippen LogP contribution in [-0.2, 0) is 6.54 Å². The Morgan fingerprint density at radius 3 is 2.71 bits per heavy atom. The third-order valence-electron chi connectivity index (χ3n) is 3.19. The van der Waals surface area contributed by atoms with Crippen molar-refractivity contribution < 1.29 is 0 Å². The summed E-state index contributed by atoms with van der Waals surface area (Å²) < 4.78 is 0. The van der Waals surface area contributed by atoms with E-state index in [9.17, 15) is 0 Å². The van der Waals surface area contributed by atoms with Gasteiger partial charge in [-0.2, -0.15) is 0 Å². The van der Waals surface area contributed by atoms with E-state index in [1.807, 2.05) is 17.5 Å². The SMILES string of the molecule is CC(C)c1ncc(CN2CC(C)C(N)C2)s1.Cl. The number of thiazole rings is 1. The number of hydrogen-bond donors (Lipinski definition) is 1. The summed E-state index contributed by atoms with van der Waals surface area (Å²) in [7, 11) is 0.